The predicted molar refractivity (Wildman–Crippen MR) is 129 cm³/mol. The van der Waals surface area contributed by atoms with Gasteiger partial charge in [-0.25, -0.2) is 0 Å². The molecule has 0 saturated heterocycles. The molecule has 1 heterocycles. The number of ether oxygens (including phenoxy) is 1. The van der Waals surface area contributed by atoms with Crippen LogP contribution < -0.4 is 10.1 Å². The highest BCUT2D eigenvalue weighted by Gasteiger charge is 2.34. The van der Waals surface area contributed by atoms with Crippen LogP contribution in [0.5, 0.6) is 5.75 Å². The Morgan fingerprint density at radius 2 is 1.77 bits per heavy atom. The maximum absolute atomic E-state index is 12.8. The third-order valence-electron chi connectivity index (χ3n) is 5.75. The smallest absolute Gasteiger partial charge is 0.173 e. The van der Waals surface area contributed by atoms with E-state index in [0.29, 0.717) is 18.3 Å². The molecule has 158 valence electrons. The molecule has 31 heavy (non-hydrogen) atoms. The molecule has 0 bridgehead atoms. The van der Waals surface area contributed by atoms with E-state index in [-0.39, 0.29) is 11.8 Å². The lowest BCUT2D eigenvalue weighted by molar-refractivity contribution is -0.114. The maximum atomic E-state index is 12.8. The van der Waals surface area contributed by atoms with E-state index in [2.05, 4.69) is 23.5 Å². The van der Waals surface area contributed by atoms with Gasteiger partial charge in [0.1, 0.15) is 12.4 Å². The minimum absolute atomic E-state index is 0.0258. The number of nitrogens with one attached hydrogen (secondary N) is 1. The van der Waals surface area contributed by atoms with E-state index in [1.54, 1.807) is 6.92 Å². The summed E-state index contributed by atoms with van der Waals surface area (Å²) in [5.74, 6) is 0.775. The Hall–Kier alpha value is -3.18. The third-order valence-corrected chi connectivity index (χ3v) is 6.09. The number of fused-ring (bicyclic) bond motifs is 1. The fourth-order valence-electron chi connectivity index (χ4n) is 4.27. The van der Waals surface area contributed by atoms with Crippen LogP contribution in [0, 0.1) is 0 Å². The standard InChI is InChI=1S/C26H26N2O2S/c1-4-28-17(2)23(18(3)29)25(27-26(28)31)24-21-13-9-8-12-20(21)14-15-22(24)30-16-19-10-6-5-7-11-19/h5-15,25H,4,16H2,1-3H3,(H,27,31). The van der Waals surface area contributed by atoms with Gasteiger partial charge in [0.2, 0.25) is 0 Å². The van der Waals surface area contributed by atoms with Gasteiger partial charge < -0.3 is 15.0 Å². The van der Waals surface area contributed by atoms with E-state index in [4.69, 9.17) is 17.0 Å². The first-order chi connectivity index (χ1) is 15.0. The first-order valence-electron chi connectivity index (χ1n) is 10.5. The van der Waals surface area contributed by atoms with Crippen molar-refractivity contribution in [2.24, 2.45) is 0 Å². The molecule has 0 spiro atoms. The summed E-state index contributed by atoms with van der Waals surface area (Å²) in [5, 5.41) is 6.19. The fraction of sp³-hybridized carbons (Fsp3) is 0.231. The van der Waals surface area contributed by atoms with E-state index in [1.807, 2.05) is 67.3 Å². The van der Waals surface area contributed by atoms with Crippen molar-refractivity contribution < 1.29 is 9.53 Å². The number of Topliss-reactive ketones (excluding diaryl/α,β-unsaturated/α-hetero) is 1. The zero-order valence-corrected chi connectivity index (χ0v) is 18.8. The van der Waals surface area contributed by atoms with Gasteiger partial charge in [0.25, 0.3) is 0 Å². The number of hydrogen-bond donors (Lipinski definition) is 1. The van der Waals surface area contributed by atoms with E-state index in [1.165, 1.54) is 0 Å². The van der Waals surface area contributed by atoms with Crippen molar-refractivity contribution in [1.29, 1.82) is 0 Å². The molecule has 0 saturated carbocycles. The molecule has 0 amide bonds. The number of carbonyl (C=O) groups is 1. The molecule has 3 aromatic rings. The van der Waals surface area contributed by atoms with Gasteiger partial charge in [-0.05, 0) is 55.4 Å². The fourth-order valence-corrected chi connectivity index (χ4v) is 4.65. The average molecular weight is 431 g/mol. The van der Waals surface area contributed by atoms with Crippen molar-refractivity contribution >= 4 is 33.9 Å². The van der Waals surface area contributed by atoms with E-state index in [0.717, 1.165) is 38.9 Å². The summed E-state index contributed by atoms with van der Waals surface area (Å²) in [6.45, 7) is 6.76. The third kappa shape index (κ3) is 4.06. The van der Waals surface area contributed by atoms with Crippen LogP contribution in [0.3, 0.4) is 0 Å². The van der Waals surface area contributed by atoms with Crippen LogP contribution in [-0.2, 0) is 11.4 Å². The summed E-state index contributed by atoms with van der Waals surface area (Å²) in [5.41, 5.74) is 3.64. The molecule has 0 aromatic heterocycles. The Morgan fingerprint density at radius 3 is 2.48 bits per heavy atom. The number of rotatable bonds is 6. The summed E-state index contributed by atoms with van der Waals surface area (Å²) in [4.78, 5) is 14.7. The Balaban J connectivity index is 1.87. The van der Waals surface area contributed by atoms with Crippen LogP contribution in [0.4, 0.5) is 0 Å². The molecule has 1 unspecified atom stereocenters. The second kappa shape index (κ2) is 8.90. The van der Waals surface area contributed by atoms with Crippen molar-refractivity contribution in [2.45, 2.75) is 33.4 Å². The molecule has 1 atom stereocenters. The second-order valence-electron chi connectivity index (χ2n) is 7.65. The second-order valence-corrected chi connectivity index (χ2v) is 8.04. The Labute approximate surface area is 188 Å². The van der Waals surface area contributed by atoms with Crippen molar-refractivity contribution in [3.63, 3.8) is 0 Å². The molecule has 0 aliphatic carbocycles. The molecule has 1 aliphatic rings. The van der Waals surface area contributed by atoms with Crippen molar-refractivity contribution in [2.75, 3.05) is 6.54 Å². The van der Waals surface area contributed by atoms with Crippen LogP contribution >= 0.6 is 12.2 Å². The van der Waals surface area contributed by atoms with Crippen LogP contribution in [0.15, 0.2) is 78.0 Å². The zero-order chi connectivity index (χ0) is 22.0. The van der Waals surface area contributed by atoms with Crippen LogP contribution in [-0.4, -0.2) is 22.3 Å². The Morgan fingerprint density at radius 1 is 1.06 bits per heavy atom. The highest BCUT2D eigenvalue weighted by atomic mass is 32.1. The SMILES string of the molecule is CCN1C(=S)NC(c2c(OCc3ccccc3)ccc3ccccc23)C(C(C)=O)=C1C. The molecule has 4 nitrogen and oxygen atoms in total. The van der Waals surface area contributed by atoms with Gasteiger partial charge in [0.05, 0.1) is 6.04 Å². The van der Waals surface area contributed by atoms with Gasteiger partial charge in [-0.1, -0.05) is 60.7 Å². The molecule has 5 heteroatoms. The quantitative estimate of drug-likeness (QED) is 0.521. The number of benzene rings is 3. The maximum Gasteiger partial charge on any atom is 0.173 e. The number of allylic oxidation sites excluding steroid dienone is 1. The monoisotopic (exact) mass is 430 g/mol. The summed E-state index contributed by atoms with van der Waals surface area (Å²) in [6.07, 6.45) is 0. The molecule has 0 fully saturated rings. The molecule has 4 rings (SSSR count). The normalized spacial score (nSPS) is 16.4. The largest absolute Gasteiger partial charge is 0.489 e. The Bertz CT molecular complexity index is 1170. The van der Waals surface area contributed by atoms with Gasteiger partial charge >= 0.3 is 0 Å². The summed E-state index contributed by atoms with van der Waals surface area (Å²) < 4.78 is 6.31. The van der Waals surface area contributed by atoms with Gasteiger partial charge in [0.15, 0.2) is 10.9 Å². The molecular weight excluding hydrogens is 404 g/mol. The predicted octanol–water partition coefficient (Wildman–Crippen LogP) is 5.53. The van der Waals surface area contributed by atoms with Gasteiger partial charge in [0, 0.05) is 23.4 Å². The number of hydrogen-bond acceptors (Lipinski definition) is 3. The highest BCUT2D eigenvalue weighted by molar-refractivity contribution is 7.80. The summed E-state index contributed by atoms with van der Waals surface area (Å²) >= 11 is 5.66. The van der Waals surface area contributed by atoms with Crippen LogP contribution in [0.1, 0.15) is 37.9 Å². The first kappa shape index (κ1) is 21.1. The molecule has 3 aromatic carbocycles. The van der Waals surface area contributed by atoms with Crippen molar-refractivity contribution in [3.8, 4) is 5.75 Å². The number of thiocarbonyl (C=S) groups is 1. The minimum Gasteiger partial charge on any atom is -0.489 e. The molecule has 1 N–H and O–H groups in total. The van der Waals surface area contributed by atoms with Crippen molar-refractivity contribution in [3.05, 3.63) is 89.1 Å². The van der Waals surface area contributed by atoms with E-state index < -0.39 is 0 Å². The summed E-state index contributed by atoms with van der Waals surface area (Å²) in [6, 6.07) is 21.9. The van der Waals surface area contributed by atoms with Gasteiger partial charge in [-0.2, -0.15) is 0 Å². The molecular formula is C26H26N2O2S. The topological polar surface area (TPSA) is 41.6 Å². The number of carbonyl (C=O) groups excluding carboxylic acids is 1. The Kier molecular flexibility index (Phi) is 6.05. The highest BCUT2D eigenvalue weighted by Crippen LogP contribution is 2.40. The summed E-state index contributed by atoms with van der Waals surface area (Å²) in [7, 11) is 0. The lowest BCUT2D eigenvalue weighted by Crippen LogP contribution is -2.47. The average Bonchev–Trinajstić information content (AvgIpc) is 2.77. The van der Waals surface area contributed by atoms with Gasteiger partial charge in [-0.15, -0.1) is 0 Å². The molecule has 1 aliphatic heterocycles. The van der Waals surface area contributed by atoms with Crippen LogP contribution in [0.25, 0.3) is 10.8 Å². The number of ketones is 1. The minimum atomic E-state index is -0.371. The van der Waals surface area contributed by atoms with E-state index in [9.17, 15) is 4.79 Å². The number of nitrogens with zero attached hydrogens (tertiary/aromatic N) is 1. The van der Waals surface area contributed by atoms with Crippen LogP contribution in [0.2, 0.25) is 0 Å². The van der Waals surface area contributed by atoms with E-state index >= 15 is 0 Å². The van der Waals surface area contributed by atoms with Crippen molar-refractivity contribution in [1.82, 2.24) is 10.2 Å². The first-order valence-corrected chi connectivity index (χ1v) is 10.9. The lowest BCUT2D eigenvalue weighted by atomic mass is 9.88. The zero-order valence-electron chi connectivity index (χ0n) is 18.0. The lowest BCUT2D eigenvalue weighted by Gasteiger charge is -2.38. The molecule has 0 radical (unpaired) electrons. The van der Waals surface area contributed by atoms with Gasteiger partial charge in [-0.3, -0.25) is 4.79 Å².